The van der Waals surface area contributed by atoms with Crippen LogP contribution in [0.1, 0.15) is 29.5 Å². The Kier molecular flexibility index (Phi) is 7.96. The van der Waals surface area contributed by atoms with E-state index in [-0.39, 0.29) is 17.3 Å². The number of nitrogens with one attached hydrogen (secondary N) is 2. The molecule has 0 saturated carbocycles. The van der Waals surface area contributed by atoms with Crippen LogP contribution in [0.4, 0.5) is 13.2 Å². The zero-order valence-corrected chi connectivity index (χ0v) is 20.4. The molecule has 2 aromatic rings. The van der Waals surface area contributed by atoms with Crippen molar-refractivity contribution in [3.8, 4) is 0 Å². The number of nitrogens with zero attached hydrogens (tertiary/aromatic N) is 2. The summed E-state index contributed by atoms with van der Waals surface area (Å²) in [4.78, 5) is 4.92. The molecule has 1 saturated heterocycles. The Morgan fingerprint density at radius 3 is 2.26 bits per heavy atom. The molecule has 0 amide bonds. The topological polar surface area (TPSA) is 73.8 Å². The molecule has 2 N–H and O–H groups in total. The van der Waals surface area contributed by atoms with Crippen LogP contribution in [-0.2, 0) is 22.7 Å². The van der Waals surface area contributed by atoms with E-state index in [1.807, 2.05) is 6.92 Å². The average Bonchev–Trinajstić information content (AvgIpc) is 2.79. The summed E-state index contributed by atoms with van der Waals surface area (Å²) in [7, 11) is -3.57. The van der Waals surface area contributed by atoms with E-state index < -0.39 is 27.3 Å². The number of aliphatic imine (C=N–C) groups is 1. The maximum Gasteiger partial charge on any atom is 0.416 e. The van der Waals surface area contributed by atoms with E-state index in [0.29, 0.717) is 51.1 Å². The largest absolute Gasteiger partial charge is 0.416 e. The van der Waals surface area contributed by atoms with Gasteiger partial charge in [0.15, 0.2) is 0 Å². The monoisotopic (exact) mass is 516 g/mol. The lowest BCUT2D eigenvalue weighted by Crippen LogP contribution is -2.64. The molecule has 186 valence electrons. The van der Waals surface area contributed by atoms with Crippen LogP contribution >= 0.6 is 12.4 Å². The van der Waals surface area contributed by atoms with Gasteiger partial charge in [-0.25, -0.2) is 8.42 Å². The summed E-state index contributed by atoms with van der Waals surface area (Å²) in [5.41, 5.74) is 0.564. The molecule has 2 aromatic carbocycles. The fraction of sp³-hybridized carbons (Fsp3) is 0.435. The molecule has 0 unspecified atom stereocenters. The zero-order chi connectivity index (χ0) is 23.7. The first kappa shape index (κ1) is 26.5. The van der Waals surface area contributed by atoms with Crippen molar-refractivity contribution in [3.05, 3.63) is 65.2 Å². The Labute approximate surface area is 204 Å². The van der Waals surface area contributed by atoms with Crippen molar-refractivity contribution in [1.29, 1.82) is 0 Å². The van der Waals surface area contributed by atoms with Gasteiger partial charge in [-0.15, -0.1) is 12.4 Å². The highest BCUT2D eigenvalue weighted by Gasteiger charge is 2.43. The predicted octanol–water partition coefficient (Wildman–Crippen LogP) is 3.75. The molecule has 34 heavy (non-hydrogen) atoms. The van der Waals surface area contributed by atoms with Crippen molar-refractivity contribution < 1.29 is 21.6 Å². The second-order valence-corrected chi connectivity index (χ2v) is 10.4. The van der Waals surface area contributed by atoms with Gasteiger partial charge >= 0.3 is 6.18 Å². The van der Waals surface area contributed by atoms with E-state index in [1.54, 1.807) is 24.3 Å². The van der Waals surface area contributed by atoms with E-state index in [4.69, 9.17) is 0 Å². The molecular formula is C23H28ClF3N4O2S. The summed E-state index contributed by atoms with van der Waals surface area (Å²) in [6.07, 6.45) is -3.26. The van der Waals surface area contributed by atoms with Gasteiger partial charge in [-0.05, 0) is 49.6 Å². The van der Waals surface area contributed by atoms with Crippen LogP contribution in [0.25, 0.3) is 0 Å². The summed E-state index contributed by atoms with van der Waals surface area (Å²) in [6, 6.07) is 11.9. The van der Waals surface area contributed by atoms with Gasteiger partial charge in [0.1, 0.15) is 5.84 Å². The van der Waals surface area contributed by atoms with Gasteiger partial charge in [-0.3, -0.25) is 4.99 Å². The average molecular weight is 517 g/mol. The molecule has 0 aliphatic carbocycles. The molecule has 0 radical (unpaired) electrons. The second kappa shape index (κ2) is 10.2. The second-order valence-electron chi connectivity index (χ2n) is 8.50. The standard InChI is InChI=1S/C23H27F3N4O2S.ClH/c1-17-2-8-20(9-3-17)33(31,32)30-14-10-22(11-15-30)21(27-12-13-29-22)28-16-18-4-6-19(7-5-18)23(24,25)26;/h2-9,29H,10-16H2,1H3,(H,27,28);1H. The first-order valence-electron chi connectivity index (χ1n) is 10.9. The molecular weight excluding hydrogens is 489 g/mol. The molecule has 6 nitrogen and oxygen atoms in total. The molecule has 2 heterocycles. The number of rotatable bonds is 4. The Hall–Kier alpha value is -2.14. The number of amidine groups is 1. The van der Waals surface area contributed by atoms with Gasteiger partial charge in [0.25, 0.3) is 0 Å². The number of alkyl halides is 3. The molecule has 4 rings (SSSR count). The number of sulfonamides is 1. The lowest BCUT2D eigenvalue weighted by molar-refractivity contribution is -0.137. The van der Waals surface area contributed by atoms with Gasteiger partial charge in [-0.2, -0.15) is 17.5 Å². The number of benzene rings is 2. The minimum atomic E-state index is -4.36. The van der Waals surface area contributed by atoms with Crippen molar-refractivity contribution in [2.24, 2.45) is 4.99 Å². The Morgan fingerprint density at radius 2 is 1.68 bits per heavy atom. The number of hydrogen-bond donors (Lipinski definition) is 2. The predicted molar refractivity (Wildman–Crippen MR) is 128 cm³/mol. The van der Waals surface area contributed by atoms with Crippen LogP contribution < -0.4 is 10.6 Å². The highest BCUT2D eigenvalue weighted by atomic mass is 35.5. The van der Waals surface area contributed by atoms with E-state index in [9.17, 15) is 21.6 Å². The molecule has 0 aromatic heterocycles. The molecule has 1 fully saturated rings. The van der Waals surface area contributed by atoms with Crippen LogP contribution in [0.2, 0.25) is 0 Å². The number of hydrogen-bond acceptors (Lipinski definition) is 5. The fourth-order valence-electron chi connectivity index (χ4n) is 4.30. The van der Waals surface area contributed by atoms with Gasteiger partial charge in [0.2, 0.25) is 10.0 Å². The van der Waals surface area contributed by atoms with Crippen molar-refractivity contribution in [3.63, 3.8) is 0 Å². The van der Waals surface area contributed by atoms with E-state index in [1.165, 1.54) is 16.4 Å². The highest BCUT2D eigenvalue weighted by molar-refractivity contribution is 7.89. The fourth-order valence-corrected chi connectivity index (χ4v) is 5.74. The minimum absolute atomic E-state index is 0. The molecule has 0 bridgehead atoms. The minimum Gasteiger partial charge on any atom is -0.368 e. The molecule has 2 aliphatic rings. The molecule has 11 heteroatoms. The number of halogens is 4. The lowest BCUT2D eigenvalue weighted by atomic mass is 9.85. The van der Waals surface area contributed by atoms with Crippen LogP contribution in [0.15, 0.2) is 58.4 Å². The van der Waals surface area contributed by atoms with Gasteiger partial charge in [0.05, 0.1) is 22.5 Å². The van der Waals surface area contributed by atoms with Gasteiger partial charge in [-0.1, -0.05) is 29.8 Å². The van der Waals surface area contributed by atoms with E-state index in [0.717, 1.165) is 23.5 Å². The van der Waals surface area contributed by atoms with Crippen molar-refractivity contribution in [2.45, 2.75) is 42.9 Å². The Bertz CT molecular complexity index is 1110. The smallest absolute Gasteiger partial charge is 0.368 e. The van der Waals surface area contributed by atoms with Gasteiger partial charge < -0.3 is 10.6 Å². The summed E-state index contributed by atoms with van der Waals surface area (Å²) in [5, 5.41) is 6.79. The van der Waals surface area contributed by atoms with Crippen LogP contribution in [0.3, 0.4) is 0 Å². The molecule has 1 spiro atoms. The summed E-state index contributed by atoms with van der Waals surface area (Å²) < 4.78 is 65.9. The van der Waals surface area contributed by atoms with Crippen LogP contribution in [0, 0.1) is 6.92 Å². The number of aryl methyl sites for hydroxylation is 1. The number of piperidine rings is 1. The third-order valence-electron chi connectivity index (χ3n) is 6.27. The maximum atomic E-state index is 13.0. The van der Waals surface area contributed by atoms with E-state index in [2.05, 4.69) is 15.6 Å². The van der Waals surface area contributed by atoms with Crippen molar-refractivity contribution in [2.75, 3.05) is 26.2 Å². The summed E-state index contributed by atoms with van der Waals surface area (Å²) in [5.74, 6) is 0.737. The Balaban J connectivity index is 0.00000324. The third-order valence-corrected chi connectivity index (χ3v) is 8.19. The first-order chi connectivity index (χ1) is 15.6. The highest BCUT2D eigenvalue weighted by Crippen LogP contribution is 2.30. The van der Waals surface area contributed by atoms with E-state index >= 15 is 0 Å². The normalized spacial score (nSPS) is 18.8. The lowest BCUT2D eigenvalue weighted by Gasteiger charge is -2.44. The zero-order valence-electron chi connectivity index (χ0n) is 18.7. The van der Waals surface area contributed by atoms with Crippen LogP contribution in [0.5, 0.6) is 0 Å². The summed E-state index contributed by atoms with van der Waals surface area (Å²) >= 11 is 0. The maximum absolute atomic E-state index is 13.0. The Morgan fingerprint density at radius 1 is 1.06 bits per heavy atom. The summed E-state index contributed by atoms with van der Waals surface area (Å²) in [6.45, 7) is 4.23. The quantitative estimate of drug-likeness (QED) is 0.649. The molecule has 2 aliphatic heterocycles. The van der Waals surface area contributed by atoms with Crippen molar-refractivity contribution >= 4 is 28.3 Å². The molecule has 0 atom stereocenters. The SMILES string of the molecule is Cc1ccc(S(=O)(=O)N2CCC3(CC2)NCCN=C3NCc2ccc(C(F)(F)F)cc2)cc1.Cl. The third kappa shape index (κ3) is 5.56. The van der Waals surface area contributed by atoms with Crippen molar-refractivity contribution in [1.82, 2.24) is 14.9 Å². The van der Waals surface area contributed by atoms with Gasteiger partial charge in [0, 0.05) is 26.2 Å². The van der Waals surface area contributed by atoms with Crippen LogP contribution in [-0.4, -0.2) is 50.3 Å². The first-order valence-corrected chi connectivity index (χ1v) is 12.3.